The van der Waals surface area contributed by atoms with Crippen molar-refractivity contribution in [2.75, 3.05) is 10.9 Å². The van der Waals surface area contributed by atoms with Gasteiger partial charge >= 0.3 is 0 Å². The molecular formula is C20H18N4O6S2. The quantitative estimate of drug-likeness (QED) is 0.220. The molecule has 0 aliphatic carbocycles. The molecule has 0 aliphatic heterocycles. The topological polar surface area (TPSA) is 158 Å². The van der Waals surface area contributed by atoms with Gasteiger partial charge < -0.3 is 0 Å². The highest BCUT2D eigenvalue weighted by Gasteiger charge is 2.09. The zero-order valence-corrected chi connectivity index (χ0v) is 18.0. The summed E-state index contributed by atoms with van der Waals surface area (Å²) in [4.78, 5) is -0.469. The maximum atomic E-state index is 11.1. The van der Waals surface area contributed by atoms with Gasteiger partial charge in [0.2, 0.25) is 0 Å². The zero-order valence-electron chi connectivity index (χ0n) is 16.3. The van der Waals surface area contributed by atoms with Gasteiger partial charge in [0.1, 0.15) is 5.71 Å². The highest BCUT2D eigenvalue weighted by Crippen LogP contribution is 2.15. The molecule has 0 aromatic heterocycles. The molecular weight excluding hydrogens is 456 g/mol. The van der Waals surface area contributed by atoms with E-state index in [1.807, 2.05) is 30.3 Å². The summed E-state index contributed by atoms with van der Waals surface area (Å²) >= 11 is 0. The maximum Gasteiger partial charge on any atom is 0.294 e. The van der Waals surface area contributed by atoms with Crippen molar-refractivity contribution in [3.8, 4) is 0 Å². The third-order valence-electron chi connectivity index (χ3n) is 4.06. The maximum absolute atomic E-state index is 11.1. The molecule has 0 bridgehead atoms. The van der Waals surface area contributed by atoms with Crippen LogP contribution in [0.1, 0.15) is 5.56 Å². The van der Waals surface area contributed by atoms with E-state index in [2.05, 4.69) is 21.1 Å². The lowest BCUT2D eigenvalue weighted by atomic mass is 10.1. The monoisotopic (exact) mass is 474 g/mol. The largest absolute Gasteiger partial charge is 0.294 e. The Morgan fingerprint density at radius 2 is 1.16 bits per heavy atom. The first-order valence-electron chi connectivity index (χ1n) is 8.96. The summed E-state index contributed by atoms with van der Waals surface area (Å²) in [6.45, 7) is 0. The molecule has 0 saturated heterocycles. The molecule has 3 aromatic rings. The van der Waals surface area contributed by atoms with Crippen molar-refractivity contribution in [1.82, 2.24) is 0 Å². The minimum atomic E-state index is -4.28. The first-order chi connectivity index (χ1) is 15.1. The van der Waals surface area contributed by atoms with E-state index < -0.39 is 20.2 Å². The van der Waals surface area contributed by atoms with Crippen molar-refractivity contribution >= 4 is 43.5 Å². The fraction of sp³-hybridized carbons (Fsp3) is 0. The second kappa shape index (κ2) is 9.70. The summed E-state index contributed by atoms with van der Waals surface area (Å²) in [5.74, 6) is 0. The number of anilines is 2. The number of nitrogens with zero attached hydrogens (tertiary/aromatic N) is 2. The SMILES string of the molecule is O=S(=O)(O)c1ccc(N/N=C/C(=N/Nc2ccc(S(=O)(=O)O)cc2)c2ccccc2)cc1. The molecule has 3 aromatic carbocycles. The third kappa shape index (κ3) is 6.46. The lowest BCUT2D eigenvalue weighted by Gasteiger charge is -2.06. The van der Waals surface area contributed by atoms with Gasteiger partial charge in [0, 0.05) is 5.56 Å². The Balaban J connectivity index is 1.77. The van der Waals surface area contributed by atoms with Gasteiger partial charge in [-0.05, 0) is 48.5 Å². The molecule has 0 atom stereocenters. The average Bonchev–Trinajstić information content (AvgIpc) is 2.76. The predicted molar refractivity (Wildman–Crippen MR) is 121 cm³/mol. The van der Waals surface area contributed by atoms with Crippen LogP contribution in [0.25, 0.3) is 0 Å². The molecule has 4 N–H and O–H groups in total. The predicted octanol–water partition coefficient (Wildman–Crippen LogP) is 3.09. The third-order valence-corrected chi connectivity index (χ3v) is 5.80. The Bertz CT molecular complexity index is 1340. The summed E-state index contributed by atoms with van der Waals surface area (Å²) in [5.41, 5.74) is 7.66. The highest BCUT2D eigenvalue weighted by molar-refractivity contribution is 7.86. The van der Waals surface area contributed by atoms with Crippen LogP contribution in [0.3, 0.4) is 0 Å². The van der Waals surface area contributed by atoms with Crippen LogP contribution in [0.15, 0.2) is 98.9 Å². The van der Waals surface area contributed by atoms with Crippen molar-refractivity contribution in [2.24, 2.45) is 10.2 Å². The van der Waals surface area contributed by atoms with Crippen LogP contribution in [0.2, 0.25) is 0 Å². The number of hydrogen-bond donors (Lipinski definition) is 4. The molecule has 32 heavy (non-hydrogen) atoms. The van der Waals surface area contributed by atoms with Gasteiger partial charge in [-0.15, -0.1) is 0 Å². The molecule has 0 radical (unpaired) electrons. The second-order valence-corrected chi connectivity index (χ2v) is 9.19. The van der Waals surface area contributed by atoms with Gasteiger partial charge in [-0.3, -0.25) is 20.0 Å². The van der Waals surface area contributed by atoms with E-state index in [9.17, 15) is 16.8 Å². The minimum absolute atomic E-state index is 0.234. The Hall–Kier alpha value is -3.58. The van der Waals surface area contributed by atoms with Gasteiger partial charge in [-0.2, -0.15) is 27.0 Å². The molecule has 0 fully saturated rings. The molecule has 0 heterocycles. The summed E-state index contributed by atoms with van der Waals surface area (Å²) in [6.07, 6.45) is 1.44. The summed E-state index contributed by atoms with van der Waals surface area (Å²) in [7, 11) is -8.56. The van der Waals surface area contributed by atoms with Gasteiger partial charge in [-0.1, -0.05) is 30.3 Å². The summed E-state index contributed by atoms with van der Waals surface area (Å²) < 4.78 is 62.6. The van der Waals surface area contributed by atoms with Crippen LogP contribution in [-0.2, 0) is 20.2 Å². The van der Waals surface area contributed by atoms with E-state index in [-0.39, 0.29) is 9.79 Å². The van der Waals surface area contributed by atoms with Crippen molar-refractivity contribution < 1.29 is 25.9 Å². The fourth-order valence-corrected chi connectivity index (χ4v) is 3.43. The number of benzene rings is 3. The van der Waals surface area contributed by atoms with Crippen molar-refractivity contribution in [1.29, 1.82) is 0 Å². The molecule has 166 valence electrons. The van der Waals surface area contributed by atoms with E-state index in [0.29, 0.717) is 17.1 Å². The van der Waals surface area contributed by atoms with Crippen LogP contribution in [0.4, 0.5) is 11.4 Å². The van der Waals surface area contributed by atoms with E-state index >= 15 is 0 Å². The smallest absolute Gasteiger partial charge is 0.282 e. The number of nitrogens with one attached hydrogen (secondary N) is 2. The van der Waals surface area contributed by atoms with Gasteiger partial charge in [0.25, 0.3) is 20.2 Å². The number of hydrazone groups is 2. The van der Waals surface area contributed by atoms with Crippen LogP contribution >= 0.6 is 0 Å². The van der Waals surface area contributed by atoms with Crippen LogP contribution in [-0.4, -0.2) is 37.9 Å². The van der Waals surface area contributed by atoms with Crippen LogP contribution < -0.4 is 10.9 Å². The van der Waals surface area contributed by atoms with Gasteiger partial charge in [0.15, 0.2) is 0 Å². The molecule has 10 nitrogen and oxygen atoms in total. The average molecular weight is 475 g/mol. The number of rotatable bonds is 8. The molecule has 12 heteroatoms. The Kier molecular flexibility index (Phi) is 7.00. The summed E-state index contributed by atoms with van der Waals surface area (Å²) in [6, 6.07) is 19.8. The number of hydrogen-bond acceptors (Lipinski definition) is 8. The van der Waals surface area contributed by atoms with Crippen molar-refractivity contribution in [3.05, 3.63) is 84.4 Å². The molecule has 0 aliphatic rings. The van der Waals surface area contributed by atoms with Crippen LogP contribution in [0.5, 0.6) is 0 Å². The van der Waals surface area contributed by atoms with Gasteiger partial charge in [-0.25, -0.2) is 0 Å². The second-order valence-electron chi connectivity index (χ2n) is 6.34. The molecule has 0 amide bonds. The normalized spacial score (nSPS) is 12.6. The van der Waals surface area contributed by atoms with Gasteiger partial charge in [0.05, 0.1) is 27.4 Å². The molecule has 0 unspecified atom stereocenters. The Labute approximate surface area is 184 Å². The fourth-order valence-electron chi connectivity index (χ4n) is 2.47. The lowest BCUT2D eigenvalue weighted by molar-refractivity contribution is 0.481. The van der Waals surface area contributed by atoms with E-state index in [1.165, 1.54) is 54.7 Å². The molecule has 0 saturated carbocycles. The molecule has 0 spiro atoms. The first-order valence-corrected chi connectivity index (χ1v) is 11.8. The first kappa shape index (κ1) is 23.1. The van der Waals surface area contributed by atoms with E-state index in [4.69, 9.17) is 9.11 Å². The minimum Gasteiger partial charge on any atom is -0.282 e. The lowest BCUT2D eigenvalue weighted by Crippen LogP contribution is -2.07. The Morgan fingerprint density at radius 1 is 0.688 bits per heavy atom. The molecule has 3 rings (SSSR count). The van der Waals surface area contributed by atoms with E-state index in [0.717, 1.165) is 5.56 Å². The van der Waals surface area contributed by atoms with E-state index in [1.54, 1.807) is 0 Å². The zero-order chi connectivity index (χ0) is 23.2. The van der Waals surface area contributed by atoms with Crippen molar-refractivity contribution in [3.63, 3.8) is 0 Å². The Morgan fingerprint density at radius 3 is 1.62 bits per heavy atom. The van der Waals surface area contributed by atoms with Crippen molar-refractivity contribution in [2.45, 2.75) is 9.79 Å². The highest BCUT2D eigenvalue weighted by atomic mass is 32.2. The summed E-state index contributed by atoms with van der Waals surface area (Å²) in [5, 5.41) is 8.39. The standard InChI is InChI=1S/C20H18N4O6S2/c25-31(26,27)18-10-6-16(7-11-18)22-21-14-20(15-4-2-1-3-5-15)24-23-17-8-12-19(13-9-17)32(28,29)30/h1-14,22-23H,(H,25,26,27)(H,28,29,30)/b21-14+,24-20-. The van der Waals surface area contributed by atoms with Crippen LogP contribution in [0, 0.1) is 0 Å².